The van der Waals surface area contributed by atoms with E-state index >= 15 is 0 Å². The van der Waals surface area contributed by atoms with Gasteiger partial charge in [-0.2, -0.15) is 0 Å². The first-order valence-corrected chi connectivity index (χ1v) is 28.5. The normalized spacial score (nSPS) is 11.2. The number of unbranched alkanes of at least 4 members (excludes halogenated alkanes) is 30. The van der Waals surface area contributed by atoms with Gasteiger partial charge < -0.3 is 21.3 Å². The molecule has 0 aromatic heterocycles. The van der Waals surface area contributed by atoms with Crippen molar-refractivity contribution in [3.63, 3.8) is 0 Å². The Hall–Kier alpha value is -4.58. The first-order chi connectivity index (χ1) is 34.0. The zero-order valence-corrected chi connectivity index (χ0v) is 43.8. The largest absolute Gasteiger partial charge is 0.338 e. The van der Waals surface area contributed by atoms with E-state index in [-0.39, 0.29) is 12.1 Å². The van der Waals surface area contributed by atoms with Crippen LogP contribution in [0, 0.1) is 0 Å². The molecule has 0 heterocycles. The van der Waals surface area contributed by atoms with E-state index in [2.05, 4.69) is 108 Å². The molecule has 69 heavy (non-hydrogen) atoms. The summed E-state index contributed by atoms with van der Waals surface area (Å²) >= 11 is 0. The van der Waals surface area contributed by atoms with Crippen molar-refractivity contribution in [2.75, 3.05) is 23.7 Å². The first-order valence-electron chi connectivity index (χ1n) is 28.5. The Morgan fingerprint density at radius 1 is 0.290 bits per heavy atom. The van der Waals surface area contributed by atoms with Crippen molar-refractivity contribution in [3.8, 4) is 22.3 Å². The van der Waals surface area contributed by atoms with Crippen LogP contribution in [0.5, 0.6) is 0 Å². The van der Waals surface area contributed by atoms with E-state index in [1.807, 2.05) is 24.3 Å². The summed E-state index contributed by atoms with van der Waals surface area (Å²) in [6.45, 7) is 6.00. The van der Waals surface area contributed by atoms with Crippen LogP contribution in [0.3, 0.4) is 0 Å². The summed E-state index contributed by atoms with van der Waals surface area (Å²) in [5.74, 6) is 0. The molecular weight excluding hydrogens is 845 g/mol. The topological polar surface area (TPSA) is 82.3 Å². The highest BCUT2D eigenvalue weighted by Gasteiger charge is 2.07. The Morgan fingerprint density at radius 3 is 0.754 bits per heavy atom. The van der Waals surface area contributed by atoms with E-state index in [9.17, 15) is 9.59 Å². The van der Waals surface area contributed by atoms with Gasteiger partial charge in [0, 0.05) is 24.5 Å². The molecule has 0 saturated carbocycles. The highest BCUT2D eigenvalue weighted by atomic mass is 16.2. The molecule has 4 aromatic rings. The van der Waals surface area contributed by atoms with E-state index in [0.29, 0.717) is 13.1 Å². The maximum absolute atomic E-state index is 12.5. The number of carbonyl (C=O) groups excluding carboxylic acids is 2. The molecule has 0 saturated heterocycles. The minimum absolute atomic E-state index is 0.136. The summed E-state index contributed by atoms with van der Waals surface area (Å²) < 4.78 is 0. The molecular formula is C63H96N4O2. The van der Waals surface area contributed by atoms with E-state index in [1.165, 1.54) is 204 Å². The van der Waals surface area contributed by atoms with E-state index in [1.54, 1.807) is 0 Å². The van der Waals surface area contributed by atoms with Gasteiger partial charge in [0.05, 0.1) is 0 Å². The summed E-state index contributed by atoms with van der Waals surface area (Å²) in [7, 11) is 0. The fourth-order valence-electron chi connectivity index (χ4n) is 9.46. The summed E-state index contributed by atoms with van der Waals surface area (Å²) in [6.07, 6.45) is 44.0. The molecule has 0 fully saturated rings. The quantitative estimate of drug-likeness (QED) is 0.0335. The van der Waals surface area contributed by atoms with Crippen molar-refractivity contribution >= 4 is 23.4 Å². The van der Waals surface area contributed by atoms with Crippen LogP contribution in [-0.4, -0.2) is 25.2 Å². The molecule has 4 N–H and O–H groups in total. The summed E-state index contributed by atoms with van der Waals surface area (Å²) in [5.41, 5.74) is 8.67. The molecule has 0 aliphatic carbocycles. The minimum Gasteiger partial charge on any atom is -0.338 e. The molecule has 0 aliphatic rings. The number of carbonyl (C=O) groups is 2. The van der Waals surface area contributed by atoms with Crippen molar-refractivity contribution in [1.82, 2.24) is 10.6 Å². The number of amides is 4. The van der Waals surface area contributed by atoms with Crippen LogP contribution in [0.2, 0.25) is 0 Å². The predicted octanol–water partition coefficient (Wildman–Crippen LogP) is 19.4. The molecule has 4 amide bonds. The average molecular weight is 941 g/mol. The fourth-order valence-corrected chi connectivity index (χ4v) is 9.46. The number of hydrogen-bond acceptors (Lipinski definition) is 2. The molecule has 0 unspecified atom stereocenters. The van der Waals surface area contributed by atoms with Crippen LogP contribution in [0.4, 0.5) is 21.0 Å². The molecule has 4 aromatic carbocycles. The number of rotatable bonds is 40. The van der Waals surface area contributed by atoms with Gasteiger partial charge in [-0.05, 0) is 76.9 Å². The summed E-state index contributed by atoms with van der Waals surface area (Å²) in [4.78, 5) is 25.0. The molecule has 0 bridgehead atoms. The minimum atomic E-state index is -0.136. The van der Waals surface area contributed by atoms with Gasteiger partial charge in [-0.1, -0.05) is 279 Å². The molecule has 0 aliphatic heterocycles. The van der Waals surface area contributed by atoms with Crippen LogP contribution < -0.4 is 21.3 Å². The second-order valence-electron chi connectivity index (χ2n) is 20.1. The zero-order chi connectivity index (χ0) is 48.7. The molecule has 4 rings (SSSR count). The van der Waals surface area contributed by atoms with Crippen molar-refractivity contribution in [3.05, 3.63) is 108 Å². The maximum atomic E-state index is 12.5. The van der Waals surface area contributed by atoms with Gasteiger partial charge in [0.15, 0.2) is 0 Å². The summed E-state index contributed by atoms with van der Waals surface area (Å²) in [6, 6.07) is 33.4. The lowest BCUT2D eigenvalue weighted by Gasteiger charge is -2.10. The third kappa shape index (κ3) is 27.4. The highest BCUT2D eigenvalue weighted by molar-refractivity contribution is 5.90. The number of anilines is 2. The molecule has 6 nitrogen and oxygen atoms in total. The Labute approximate surface area is 421 Å². The van der Waals surface area contributed by atoms with Gasteiger partial charge in [0.25, 0.3) is 0 Å². The van der Waals surface area contributed by atoms with Gasteiger partial charge in [-0.25, -0.2) is 9.59 Å². The SMILES string of the molecule is CCCCCCCCCCCCCCCCCCNC(=O)Nc1ccc(-c2ccc(Cc3ccc(-c4ccc(NC(=O)NCCCCCCCCCCCCCCCCCC)cc4)cc3)cc2)cc1. The van der Waals surface area contributed by atoms with Gasteiger partial charge in [-0.15, -0.1) is 0 Å². The van der Waals surface area contributed by atoms with Crippen molar-refractivity contribution in [2.45, 2.75) is 226 Å². The Kier molecular flexibility index (Phi) is 31.6. The number of hydrogen-bond donors (Lipinski definition) is 4. The third-order valence-electron chi connectivity index (χ3n) is 13.9. The maximum Gasteiger partial charge on any atom is 0.319 e. The highest BCUT2D eigenvalue weighted by Crippen LogP contribution is 2.26. The average Bonchev–Trinajstić information content (AvgIpc) is 3.37. The van der Waals surface area contributed by atoms with E-state index in [4.69, 9.17) is 0 Å². The first kappa shape index (κ1) is 57.0. The smallest absolute Gasteiger partial charge is 0.319 e. The van der Waals surface area contributed by atoms with Gasteiger partial charge >= 0.3 is 12.1 Å². The zero-order valence-electron chi connectivity index (χ0n) is 43.8. The van der Waals surface area contributed by atoms with Gasteiger partial charge in [-0.3, -0.25) is 0 Å². The molecule has 0 atom stereocenters. The Morgan fingerprint density at radius 2 is 0.507 bits per heavy atom. The van der Waals surface area contributed by atoms with Crippen LogP contribution >= 0.6 is 0 Å². The van der Waals surface area contributed by atoms with Crippen molar-refractivity contribution in [1.29, 1.82) is 0 Å². The second-order valence-corrected chi connectivity index (χ2v) is 20.1. The lowest BCUT2D eigenvalue weighted by molar-refractivity contribution is 0.251. The predicted molar refractivity (Wildman–Crippen MR) is 300 cm³/mol. The number of nitrogens with one attached hydrogen (secondary N) is 4. The Balaban J connectivity index is 1.000. The molecule has 380 valence electrons. The molecule has 6 heteroatoms. The van der Waals surface area contributed by atoms with Crippen LogP contribution in [-0.2, 0) is 6.42 Å². The number of urea groups is 2. The fraction of sp³-hybridized carbons (Fsp3) is 0.587. The van der Waals surface area contributed by atoms with E-state index < -0.39 is 0 Å². The molecule has 0 spiro atoms. The molecule has 0 radical (unpaired) electrons. The van der Waals surface area contributed by atoms with Crippen molar-refractivity contribution < 1.29 is 9.59 Å². The van der Waals surface area contributed by atoms with Crippen LogP contribution in [0.25, 0.3) is 22.3 Å². The monoisotopic (exact) mass is 941 g/mol. The summed E-state index contributed by atoms with van der Waals surface area (Å²) in [5, 5.41) is 12.0. The standard InChI is InChI=1S/C63H96N4O2/c1-3-5-7-9-11-13-15-17-19-21-23-25-27-29-31-33-51-64-62(68)66-60-47-43-58(44-48-60)56-39-35-54(36-40-56)53-55-37-41-57(42-38-55)59-45-49-61(50-46-59)67-63(69)65-52-34-32-30-28-26-24-22-20-18-16-14-12-10-8-6-4-2/h35-50H,3-34,51-53H2,1-2H3,(H2,64,66,68)(H2,65,67,69). The van der Waals surface area contributed by atoms with E-state index in [0.717, 1.165) is 52.9 Å². The van der Waals surface area contributed by atoms with Crippen molar-refractivity contribution in [2.24, 2.45) is 0 Å². The third-order valence-corrected chi connectivity index (χ3v) is 13.9. The van der Waals surface area contributed by atoms with Crippen LogP contribution in [0.1, 0.15) is 230 Å². The van der Waals surface area contributed by atoms with Gasteiger partial charge in [0.1, 0.15) is 0 Å². The van der Waals surface area contributed by atoms with Crippen LogP contribution in [0.15, 0.2) is 97.1 Å². The number of benzene rings is 4. The lowest BCUT2D eigenvalue weighted by atomic mass is 9.98. The lowest BCUT2D eigenvalue weighted by Crippen LogP contribution is -2.29. The Bertz CT molecular complexity index is 1720. The second kappa shape index (κ2) is 38.2. The van der Waals surface area contributed by atoms with Gasteiger partial charge in [0.2, 0.25) is 0 Å².